The second-order valence-electron chi connectivity index (χ2n) is 2.90. The Kier molecular flexibility index (Phi) is 2.55. The summed E-state index contributed by atoms with van der Waals surface area (Å²) in [7, 11) is 0. The Balaban J connectivity index is 2.37. The first-order valence-corrected chi connectivity index (χ1v) is 4.46. The Bertz CT molecular complexity index is 397. The summed E-state index contributed by atoms with van der Waals surface area (Å²) < 4.78 is 1.69. The third-order valence-electron chi connectivity index (χ3n) is 1.96. The highest BCUT2D eigenvalue weighted by atomic mass is 16.3. The zero-order valence-corrected chi connectivity index (χ0v) is 7.67. The van der Waals surface area contributed by atoms with Gasteiger partial charge in [-0.15, -0.1) is 0 Å². The highest BCUT2D eigenvalue weighted by Gasteiger charge is 2.04. The lowest BCUT2D eigenvalue weighted by atomic mass is 10.2. The predicted octanol–water partition coefficient (Wildman–Crippen LogP) is 0.937. The molecule has 0 bridgehead atoms. The maximum Gasteiger partial charge on any atom is 0.158 e. The van der Waals surface area contributed by atoms with Crippen LogP contribution in [0.2, 0.25) is 0 Å². The summed E-state index contributed by atoms with van der Waals surface area (Å²) in [6.07, 6.45) is 1.50. The standard InChI is InChI=1S/C10H11N3O/c14-7-6-13-10(11-8-12-13)9-4-2-1-3-5-9/h1-5,8,14H,6-7H2. The molecule has 0 fully saturated rings. The first-order valence-electron chi connectivity index (χ1n) is 4.46. The van der Waals surface area contributed by atoms with E-state index >= 15 is 0 Å². The fourth-order valence-corrected chi connectivity index (χ4v) is 1.33. The van der Waals surface area contributed by atoms with Crippen molar-refractivity contribution >= 4 is 0 Å². The molecule has 0 amide bonds. The van der Waals surface area contributed by atoms with Crippen molar-refractivity contribution in [1.29, 1.82) is 0 Å². The first-order chi connectivity index (χ1) is 6.92. The van der Waals surface area contributed by atoms with Crippen molar-refractivity contribution in [3.8, 4) is 11.4 Å². The van der Waals surface area contributed by atoms with E-state index < -0.39 is 0 Å². The number of aliphatic hydroxyl groups is 1. The molecule has 2 aromatic rings. The van der Waals surface area contributed by atoms with Gasteiger partial charge in [-0.05, 0) is 0 Å². The number of benzene rings is 1. The lowest BCUT2D eigenvalue weighted by Gasteiger charge is -2.02. The monoisotopic (exact) mass is 189 g/mol. The smallest absolute Gasteiger partial charge is 0.158 e. The van der Waals surface area contributed by atoms with Crippen LogP contribution in [0.5, 0.6) is 0 Å². The van der Waals surface area contributed by atoms with Gasteiger partial charge in [0.2, 0.25) is 0 Å². The molecule has 1 heterocycles. The second kappa shape index (κ2) is 4.02. The van der Waals surface area contributed by atoms with E-state index in [-0.39, 0.29) is 6.61 Å². The number of hydrogen-bond donors (Lipinski definition) is 1. The lowest BCUT2D eigenvalue weighted by Crippen LogP contribution is -2.05. The summed E-state index contributed by atoms with van der Waals surface area (Å²) in [5, 5.41) is 12.8. The summed E-state index contributed by atoms with van der Waals surface area (Å²) >= 11 is 0. The molecule has 1 aromatic heterocycles. The van der Waals surface area contributed by atoms with Crippen molar-refractivity contribution in [1.82, 2.24) is 14.8 Å². The van der Waals surface area contributed by atoms with Gasteiger partial charge in [0.15, 0.2) is 5.82 Å². The molecule has 1 aromatic carbocycles. The van der Waals surface area contributed by atoms with Crippen LogP contribution in [0.3, 0.4) is 0 Å². The van der Waals surface area contributed by atoms with Gasteiger partial charge in [0.05, 0.1) is 13.2 Å². The minimum absolute atomic E-state index is 0.0726. The summed E-state index contributed by atoms with van der Waals surface area (Å²) in [5.74, 6) is 0.791. The van der Waals surface area contributed by atoms with Crippen LogP contribution in [0.4, 0.5) is 0 Å². The largest absolute Gasteiger partial charge is 0.394 e. The molecule has 0 saturated heterocycles. The minimum Gasteiger partial charge on any atom is -0.394 e. The van der Waals surface area contributed by atoms with E-state index in [0.717, 1.165) is 11.4 Å². The van der Waals surface area contributed by atoms with E-state index in [1.807, 2.05) is 30.3 Å². The third-order valence-corrected chi connectivity index (χ3v) is 1.96. The molecule has 14 heavy (non-hydrogen) atoms. The van der Waals surface area contributed by atoms with Crippen LogP contribution in [0.1, 0.15) is 0 Å². The van der Waals surface area contributed by atoms with Crippen molar-refractivity contribution in [2.24, 2.45) is 0 Å². The molecule has 0 saturated carbocycles. The quantitative estimate of drug-likeness (QED) is 0.781. The summed E-state index contributed by atoms with van der Waals surface area (Å²) in [6, 6.07) is 9.80. The van der Waals surface area contributed by atoms with Gasteiger partial charge in [0.1, 0.15) is 6.33 Å². The Morgan fingerprint density at radius 2 is 2.00 bits per heavy atom. The van der Waals surface area contributed by atoms with Crippen molar-refractivity contribution in [3.63, 3.8) is 0 Å². The maximum absolute atomic E-state index is 8.82. The lowest BCUT2D eigenvalue weighted by molar-refractivity contribution is 0.270. The molecule has 0 aliphatic rings. The van der Waals surface area contributed by atoms with Crippen LogP contribution in [0.25, 0.3) is 11.4 Å². The summed E-state index contributed by atoms with van der Waals surface area (Å²) in [4.78, 5) is 4.15. The highest BCUT2D eigenvalue weighted by Crippen LogP contribution is 2.14. The molecule has 0 radical (unpaired) electrons. The van der Waals surface area contributed by atoms with Gasteiger partial charge in [0, 0.05) is 5.56 Å². The molecule has 0 atom stereocenters. The van der Waals surface area contributed by atoms with Crippen molar-refractivity contribution in [2.75, 3.05) is 6.61 Å². The summed E-state index contributed by atoms with van der Waals surface area (Å²) in [6.45, 7) is 0.549. The van der Waals surface area contributed by atoms with Gasteiger partial charge in [-0.3, -0.25) is 0 Å². The Hall–Kier alpha value is -1.68. The van der Waals surface area contributed by atoms with Crippen LogP contribution in [0, 0.1) is 0 Å². The minimum atomic E-state index is 0.0726. The number of nitrogens with zero attached hydrogens (tertiary/aromatic N) is 3. The zero-order chi connectivity index (χ0) is 9.80. The molecule has 0 aliphatic carbocycles. The van der Waals surface area contributed by atoms with Gasteiger partial charge in [-0.2, -0.15) is 5.10 Å². The number of aromatic nitrogens is 3. The Morgan fingerprint density at radius 1 is 1.21 bits per heavy atom. The average Bonchev–Trinajstić information content (AvgIpc) is 2.68. The van der Waals surface area contributed by atoms with E-state index in [4.69, 9.17) is 5.11 Å². The average molecular weight is 189 g/mol. The van der Waals surface area contributed by atoms with Gasteiger partial charge in [0.25, 0.3) is 0 Å². The van der Waals surface area contributed by atoms with Crippen LogP contribution < -0.4 is 0 Å². The van der Waals surface area contributed by atoms with Crippen LogP contribution in [-0.4, -0.2) is 26.5 Å². The van der Waals surface area contributed by atoms with Crippen LogP contribution >= 0.6 is 0 Å². The van der Waals surface area contributed by atoms with E-state index in [1.165, 1.54) is 6.33 Å². The van der Waals surface area contributed by atoms with E-state index in [0.29, 0.717) is 6.54 Å². The second-order valence-corrected chi connectivity index (χ2v) is 2.90. The molecule has 1 N–H and O–H groups in total. The topological polar surface area (TPSA) is 50.9 Å². The van der Waals surface area contributed by atoms with E-state index in [2.05, 4.69) is 10.1 Å². The van der Waals surface area contributed by atoms with Gasteiger partial charge in [-0.25, -0.2) is 9.67 Å². The number of rotatable bonds is 3. The van der Waals surface area contributed by atoms with Gasteiger partial charge >= 0.3 is 0 Å². The molecule has 0 unspecified atom stereocenters. The molecule has 0 spiro atoms. The molecule has 4 nitrogen and oxygen atoms in total. The normalized spacial score (nSPS) is 10.4. The molecule has 72 valence electrons. The molecular weight excluding hydrogens is 178 g/mol. The number of aliphatic hydroxyl groups excluding tert-OH is 1. The van der Waals surface area contributed by atoms with E-state index in [1.54, 1.807) is 4.68 Å². The van der Waals surface area contributed by atoms with Gasteiger partial charge in [-0.1, -0.05) is 30.3 Å². The zero-order valence-electron chi connectivity index (χ0n) is 7.67. The van der Waals surface area contributed by atoms with Gasteiger partial charge < -0.3 is 5.11 Å². The molecule has 2 rings (SSSR count). The highest BCUT2D eigenvalue weighted by molar-refractivity contribution is 5.54. The molecule has 4 heteroatoms. The first kappa shape index (κ1) is 8.90. The molecular formula is C10H11N3O. The van der Waals surface area contributed by atoms with Crippen molar-refractivity contribution in [3.05, 3.63) is 36.7 Å². The van der Waals surface area contributed by atoms with Crippen molar-refractivity contribution < 1.29 is 5.11 Å². The number of hydrogen-bond acceptors (Lipinski definition) is 3. The van der Waals surface area contributed by atoms with Crippen LogP contribution in [0.15, 0.2) is 36.7 Å². The molecule has 0 aliphatic heterocycles. The fraction of sp³-hybridized carbons (Fsp3) is 0.200. The fourth-order valence-electron chi connectivity index (χ4n) is 1.33. The Labute approximate surface area is 81.8 Å². The Morgan fingerprint density at radius 3 is 2.71 bits per heavy atom. The summed E-state index contributed by atoms with van der Waals surface area (Å²) in [5.41, 5.74) is 1.01. The van der Waals surface area contributed by atoms with Crippen molar-refractivity contribution in [2.45, 2.75) is 6.54 Å². The third kappa shape index (κ3) is 1.65. The van der Waals surface area contributed by atoms with Crippen LogP contribution in [-0.2, 0) is 6.54 Å². The van der Waals surface area contributed by atoms with E-state index in [9.17, 15) is 0 Å². The predicted molar refractivity (Wildman–Crippen MR) is 52.5 cm³/mol. The SMILES string of the molecule is OCCn1ncnc1-c1ccccc1. The maximum atomic E-state index is 8.82.